The number of aromatic amines is 1. The molecule has 0 saturated carbocycles. The molecule has 0 spiro atoms. The number of rotatable bonds is 3. The van der Waals surface area contributed by atoms with Crippen LogP contribution in [0.15, 0.2) is 61.2 Å². The predicted molar refractivity (Wildman–Crippen MR) is 96.3 cm³/mol. The first-order valence-electron chi connectivity index (χ1n) is 7.83. The third-order valence-corrected chi connectivity index (χ3v) is 4.06. The summed E-state index contributed by atoms with van der Waals surface area (Å²) < 4.78 is 0. The normalized spacial score (nSPS) is 10.8. The highest BCUT2D eigenvalue weighted by atomic mass is 16.1. The van der Waals surface area contributed by atoms with Gasteiger partial charge in [-0.2, -0.15) is 5.10 Å². The van der Waals surface area contributed by atoms with Crippen LogP contribution in [0, 0.1) is 6.92 Å². The van der Waals surface area contributed by atoms with Crippen molar-refractivity contribution in [1.29, 1.82) is 0 Å². The van der Waals surface area contributed by atoms with Crippen LogP contribution >= 0.6 is 0 Å². The maximum atomic E-state index is 12.7. The quantitative estimate of drug-likeness (QED) is 0.602. The second-order valence-corrected chi connectivity index (χ2v) is 5.72. The number of carbonyl (C=O) groups is 1. The van der Waals surface area contributed by atoms with E-state index in [4.69, 9.17) is 0 Å². The number of nitrogens with one attached hydrogen (secondary N) is 2. The fourth-order valence-electron chi connectivity index (χ4n) is 2.68. The molecule has 0 atom stereocenters. The number of aryl methyl sites for hydroxylation is 1. The lowest BCUT2D eigenvalue weighted by Gasteiger charge is -2.06. The van der Waals surface area contributed by atoms with E-state index in [1.165, 1.54) is 0 Å². The number of hydrogen-bond acceptors (Lipinski definition) is 4. The van der Waals surface area contributed by atoms with Crippen LogP contribution in [0.3, 0.4) is 0 Å². The van der Waals surface area contributed by atoms with E-state index in [0.29, 0.717) is 11.4 Å². The number of pyridine rings is 2. The van der Waals surface area contributed by atoms with E-state index in [2.05, 4.69) is 25.5 Å². The van der Waals surface area contributed by atoms with Crippen LogP contribution in [0.5, 0.6) is 0 Å². The summed E-state index contributed by atoms with van der Waals surface area (Å²) in [6.45, 7) is 1.92. The van der Waals surface area contributed by atoms with Crippen molar-refractivity contribution in [3.8, 4) is 11.1 Å². The number of aromatic nitrogens is 4. The van der Waals surface area contributed by atoms with Gasteiger partial charge < -0.3 is 5.32 Å². The Morgan fingerprint density at radius 3 is 2.72 bits per heavy atom. The van der Waals surface area contributed by atoms with Gasteiger partial charge in [0.15, 0.2) is 5.69 Å². The van der Waals surface area contributed by atoms with Gasteiger partial charge in [0, 0.05) is 29.5 Å². The van der Waals surface area contributed by atoms with Crippen molar-refractivity contribution >= 4 is 22.5 Å². The molecule has 1 aromatic carbocycles. The van der Waals surface area contributed by atoms with Gasteiger partial charge in [0.25, 0.3) is 5.91 Å². The van der Waals surface area contributed by atoms with Crippen molar-refractivity contribution in [2.45, 2.75) is 6.92 Å². The van der Waals surface area contributed by atoms with E-state index in [1.807, 2.05) is 43.3 Å². The number of H-pyrrole nitrogens is 1. The molecule has 25 heavy (non-hydrogen) atoms. The van der Waals surface area contributed by atoms with Crippen molar-refractivity contribution in [2.24, 2.45) is 0 Å². The van der Waals surface area contributed by atoms with Crippen LogP contribution in [-0.2, 0) is 0 Å². The first-order chi connectivity index (χ1) is 12.2. The topological polar surface area (TPSA) is 83.6 Å². The van der Waals surface area contributed by atoms with Crippen molar-refractivity contribution < 1.29 is 4.79 Å². The van der Waals surface area contributed by atoms with Gasteiger partial charge in [0.1, 0.15) is 0 Å². The second-order valence-electron chi connectivity index (χ2n) is 5.72. The van der Waals surface area contributed by atoms with E-state index in [0.717, 1.165) is 27.6 Å². The van der Waals surface area contributed by atoms with E-state index >= 15 is 0 Å². The van der Waals surface area contributed by atoms with Crippen LogP contribution in [0.2, 0.25) is 0 Å². The Morgan fingerprint density at radius 2 is 1.92 bits per heavy atom. The Labute approximate surface area is 144 Å². The minimum atomic E-state index is -0.273. The standard InChI is InChI=1S/C19H15N5O/c1-12-6-8-21-11-17(12)22-19(25)18-15-9-13(4-5-16(15)23-24-18)14-3-2-7-20-10-14/h2-11H,1H3,(H,22,25)(H,23,24). The highest BCUT2D eigenvalue weighted by Crippen LogP contribution is 2.25. The summed E-state index contributed by atoms with van der Waals surface area (Å²) in [5.41, 5.74) is 4.74. The van der Waals surface area contributed by atoms with Crippen LogP contribution in [0.25, 0.3) is 22.0 Å². The Bertz CT molecular complexity index is 1060. The summed E-state index contributed by atoms with van der Waals surface area (Å²) in [7, 11) is 0. The largest absolute Gasteiger partial charge is 0.319 e. The van der Waals surface area contributed by atoms with Crippen molar-refractivity contribution in [3.05, 3.63) is 72.4 Å². The Balaban J connectivity index is 1.72. The molecule has 0 aliphatic heterocycles. The highest BCUT2D eigenvalue weighted by Gasteiger charge is 2.16. The summed E-state index contributed by atoms with van der Waals surface area (Å²) in [5.74, 6) is -0.273. The highest BCUT2D eigenvalue weighted by molar-refractivity contribution is 6.11. The summed E-state index contributed by atoms with van der Waals surface area (Å²) in [5, 5.41) is 10.7. The number of benzene rings is 1. The van der Waals surface area contributed by atoms with Gasteiger partial charge in [-0.05, 0) is 42.3 Å². The molecule has 0 fully saturated rings. The van der Waals surface area contributed by atoms with Gasteiger partial charge in [-0.15, -0.1) is 0 Å². The van der Waals surface area contributed by atoms with Crippen molar-refractivity contribution in [1.82, 2.24) is 20.2 Å². The summed E-state index contributed by atoms with van der Waals surface area (Å²) in [4.78, 5) is 20.8. The number of carbonyl (C=O) groups excluding carboxylic acids is 1. The fourth-order valence-corrected chi connectivity index (χ4v) is 2.68. The molecule has 4 aromatic rings. The average molecular weight is 329 g/mol. The fraction of sp³-hybridized carbons (Fsp3) is 0.0526. The Kier molecular flexibility index (Phi) is 3.70. The molecule has 3 aromatic heterocycles. The second kappa shape index (κ2) is 6.16. The minimum Gasteiger partial charge on any atom is -0.319 e. The zero-order valence-corrected chi connectivity index (χ0v) is 13.5. The molecule has 3 heterocycles. The lowest BCUT2D eigenvalue weighted by molar-refractivity contribution is 0.102. The number of amides is 1. The molecule has 122 valence electrons. The van der Waals surface area contributed by atoms with E-state index in [-0.39, 0.29) is 5.91 Å². The molecule has 1 amide bonds. The Hall–Kier alpha value is -3.54. The maximum absolute atomic E-state index is 12.7. The number of fused-ring (bicyclic) bond motifs is 1. The summed E-state index contributed by atoms with van der Waals surface area (Å²) >= 11 is 0. The molecule has 0 radical (unpaired) electrons. The lowest BCUT2D eigenvalue weighted by atomic mass is 10.0. The van der Waals surface area contributed by atoms with E-state index in [9.17, 15) is 4.79 Å². The number of hydrogen-bond donors (Lipinski definition) is 2. The number of anilines is 1. The van der Waals surface area contributed by atoms with Gasteiger partial charge in [-0.3, -0.25) is 19.9 Å². The molecular weight excluding hydrogens is 314 g/mol. The van der Waals surface area contributed by atoms with Crippen LogP contribution in [0.1, 0.15) is 16.1 Å². The molecule has 4 rings (SSSR count). The third-order valence-electron chi connectivity index (χ3n) is 4.06. The van der Waals surface area contributed by atoms with Gasteiger partial charge in [0.05, 0.1) is 17.4 Å². The molecule has 0 aliphatic rings. The zero-order valence-electron chi connectivity index (χ0n) is 13.5. The van der Waals surface area contributed by atoms with E-state index < -0.39 is 0 Å². The monoisotopic (exact) mass is 329 g/mol. The van der Waals surface area contributed by atoms with Crippen molar-refractivity contribution in [3.63, 3.8) is 0 Å². The molecular formula is C19H15N5O. The molecule has 2 N–H and O–H groups in total. The molecule has 6 nitrogen and oxygen atoms in total. The molecule has 0 bridgehead atoms. The molecule has 6 heteroatoms. The Morgan fingerprint density at radius 1 is 1.04 bits per heavy atom. The molecule has 0 unspecified atom stereocenters. The van der Waals surface area contributed by atoms with Gasteiger partial charge >= 0.3 is 0 Å². The van der Waals surface area contributed by atoms with Crippen LogP contribution in [0.4, 0.5) is 5.69 Å². The van der Waals surface area contributed by atoms with Crippen molar-refractivity contribution in [2.75, 3.05) is 5.32 Å². The van der Waals surface area contributed by atoms with Gasteiger partial charge in [-0.1, -0.05) is 12.1 Å². The summed E-state index contributed by atoms with van der Waals surface area (Å²) in [6.07, 6.45) is 6.84. The molecule has 0 aliphatic carbocycles. The zero-order chi connectivity index (χ0) is 17.2. The first-order valence-corrected chi connectivity index (χ1v) is 7.83. The average Bonchev–Trinajstić information content (AvgIpc) is 3.07. The van der Waals surface area contributed by atoms with Gasteiger partial charge in [-0.25, -0.2) is 0 Å². The number of nitrogens with zero attached hydrogens (tertiary/aromatic N) is 3. The van der Waals surface area contributed by atoms with E-state index in [1.54, 1.807) is 24.8 Å². The SMILES string of the molecule is Cc1ccncc1NC(=O)c1n[nH]c2ccc(-c3cccnc3)cc12. The van der Waals surface area contributed by atoms with Crippen LogP contribution in [-0.4, -0.2) is 26.1 Å². The lowest BCUT2D eigenvalue weighted by Crippen LogP contribution is -2.13. The molecule has 0 saturated heterocycles. The first kappa shape index (κ1) is 15.0. The minimum absolute atomic E-state index is 0.273. The van der Waals surface area contributed by atoms with Crippen LogP contribution < -0.4 is 5.32 Å². The summed E-state index contributed by atoms with van der Waals surface area (Å²) in [6, 6.07) is 11.5. The predicted octanol–water partition coefficient (Wildman–Crippen LogP) is 3.58. The van der Waals surface area contributed by atoms with Gasteiger partial charge in [0.2, 0.25) is 0 Å². The maximum Gasteiger partial charge on any atom is 0.276 e. The third kappa shape index (κ3) is 2.85. The smallest absolute Gasteiger partial charge is 0.276 e.